The molecule has 0 bridgehead atoms. The van der Waals surface area contributed by atoms with Crippen LogP contribution in [0.1, 0.15) is 25.7 Å². The highest BCUT2D eigenvalue weighted by atomic mass is 16.5. The smallest absolute Gasteiger partial charge is 0.240 e. The average Bonchev–Trinajstić information content (AvgIpc) is 2.78. The van der Waals surface area contributed by atoms with Gasteiger partial charge in [0, 0.05) is 7.11 Å². The van der Waals surface area contributed by atoms with E-state index in [-0.39, 0.29) is 19.1 Å². The summed E-state index contributed by atoms with van der Waals surface area (Å²) in [6.07, 6.45) is 3.05. The molecule has 1 aliphatic rings. The first-order valence-corrected chi connectivity index (χ1v) is 5.50. The molecule has 0 aromatic heterocycles. The first kappa shape index (κ1) is 12.9. The molecule has 5 nitrogen and oxygen atoms in total. The van der Waals surface area contributed by atoms with E-state index in [2.05, 4.69) is 11.4 Å². The van der Waals surface area contributed by atoms with Crippen LogP contribution in [0.2, 0.25) is 0 Å². The molecule has 0 aromatic carbocycles. The van der Waals surface area contributed by atoms with Gasteiger partial charge in [-0.25, -0.2) is 0 Å². The largest absolute Gasteiger partial charge is 0.394 e. The average molecular weight is 226 g/mol. The summed E-state index contributed by atoms with van der Waals surface area (Å²) in [5.41, 5.74) is -0.888. The van der Waals surface area contributed by atoms with Crippen molar-refractivity contribution in [2.45, 2.75) is 31.7 Å². The van der Waals surface area contributed by atoms with E-state index >= 15 is 0 Å². The van der Waals surface area contributed by atoms with Crippen molar-refractivity contribution in [2.75, 3.05) is 20.3 Å². The molecule has 0 radical (unpaired) electrons. The van der Waals surface area contributed by atoms with Crippen LogP contribution in [-0.4, -0.2) is 37.4 Å². The van der Waals surface area contributed by atoms with Gasteiger partial charge in [0.15, 0.2) is 0 Å². The van der Waals surface area contributed by atoms with Crippen LogP contribution < -0.4 is 5.32 Å². The highest BCUT2D eigenvalue weighted by Gasteiger charge is 2.42. The number of aliphatic hydroxyl groups excluding tert-OH is 1. The number of rotatable bonds is 5. The second-order valence-electron chi connectivity index (χ2n) is 4.21. The molecule has 1 rings (SSSR count). The maximum atomic E-state index is 11.9. The third-order valence-corrected chi connectivity index (χ3v) is 3.03. The van der Waals surface area contributed by atoms with Gasteiger partial charge in [0.05, 0.1) is 25.3 Å². The van der Waals surface area contributed by atoms with E-state index in [1.54, 1.807) is 0 Å². The zero-order valence-corrected chi connectivity index (χ0v) is 9.53. The number of hydrogen-bond acceptors (Lipinski definition) is 4. The lowest BCUT2D eigenvalue weighted by molar-refractivity contribution is -0.129. The molecular formula is C11H18N2O3. The van der Waals surface area contributed by atoms with Crippen molar-refractivity contribution in [3.8, 4) is 6.07 Å². The summed E-state index contributed by atoms with van der Waals surface area (Å²) in [7, 11) is 1.50. The summed E-state index contributed by atoms with van der Waals surface area (Å²) >= 11 is 0. The molecule has 16 heavy (non-hydrogen) atoms. The highest BCUT2D eigenvalue weighted by Crippen LogP contribution is 2.37. The van der Waals surface area contributed by atoms with Crippen molar-refractivity contribution in [3.05, 3.63) is 0 Å². The number of ether oxygens (including phenoxy) is 1. The van der Waals surface area contributed by atoms with Crippen LogP contribution in [0.3, 0.4) is 0 Å². The maximum Gasteiger partial charge on any atom is 0.240 e. The van der Waals surface area contributed by atoms with Crippen LogP contribution >= 0.6 is 0 Å². The minimum Gasteiger partial charge on any atom is -0.394 e. The summed E-state index contributed by atoms with van der Waals surface area (Å²) in [6.45, 7) is 0.0742. The van der Waals surface area contributed by atoms with Gasteiger partial charge in [-0.15, -0.1) is 0 Å². The Kier molecular flexibility index (Phi) is 4.71. The number of methoxy groups -OCH3 is 1. The number of amides is 1. The minimum absolute atomic E-state index is 0.179. The van der Waals surface area contributed by atoms with Crippen LogP contribution in [0.4, 0.5) is 0 Å². The molecule has 90 valence electrons. The Balaban J connectivity index is 2.59. The first-order chi connectivity index (χ1) is 7.68. The topological polar surface area (TPSA) is 82.3 Å². The van der Waals surface area contributed by atoms with Crippen molar-refractivity contribution in [1.82, 2.24) is 5.32 Å². The summed E-state index contributed by atoms with van der Waals surface area (Å²) in [5, 5.41) is 20.8. The number of hydrogen-bond donors (Lipinski definition) is 2. The SMILES string of the molecule is COCC(CO)NC(=O)C1(C#N)CCCC1. The quantitative estimate of drug-likeness (QED) is 0.701. The number of aliphatic hydroxyl groups is 1. The summed E-state index contributed by atoms with van der Waals surface area (Å²) in [5.74, 6) is -0.274. The van der Waals surface area contributed by atoms with Gasteiger partial charge in [0.25, 0.3) is 0 Å². The van der Waals surface area contributed by atoms with Crippen LogP contribution in [0.5, 0.6) is 0 Å². The fourth-order valence-electron chi connectivity index (χ4n) is 2.03. The predicted octanol–water partition coefficient (Wildman–Crippen LogP) is 0.194. The van der Waals surface area contributed by atoms with E-state index in [1.165, 1.54) is 7.11 Å². The third-order valence-electron chi connectivity index (χ3n) is 3.03. The van der Waals surface area contributed by atoms with Crippen molar-refractivity contribution < 1.29 is 14.6 Å². The number of nitriles is 1. The lowest BCUT2D eigenvalue weighted by Crippen LogP contribution is -2.47. The predicted molar refractivity (Wildman–Crippen MR) is 57.4 cm³/mol. The van der Waals surface area contributed by atoms with Gasteiger partial charge < -0.3 is 15.2 Å². The molecule has 1 saturated carbocycles. The molecule has 1 fully saturated rings. The molecule has 5 heteroatoms. The van der Waals surface area contributed by atoms with Gasteiger partial charge in [-0.2, -0.15) is 5.26 Å². The lowest BCUT2D eigenvalue weighted by Gasteiger charge is -2.23. The van der Waals surface area contributed by atoms with Gasteiger partial charge in [0.1, 0.15) is 5.41 Å². The van der Waals surface area contributed by atoms with Gasteiger partial charge >= 0.3 is 0 Å². The molecule has 0 heterocycles. The van der Waals surface area contributed by atoms with E-state index in [0.29, 0.717) is 12.8 Å². The number of nitrogens with one attached hydrogen (secondary N) is 1. The number of carbonyl (C=O) groups is 1. The Bertz CT molecular complexity index is 279. The molecule has 0 aliphatic heterocycles. The Labute approximate surface area is 95.4 Å². The van der Waals surface area contributed by atoms with E-state index in [0.717, 1.165) is 12.8 Å². The summed E-state index contributed by atoms with van der Waals surface area (Å²) < 4.78 is 4.87. The fraction of sp³-hybridized carbons (Fsp3) is 0.818. The van der Waals surface area contributed by atoms with Crippen molar-refractivity contribution >= 4 is 5.91 Å². The van der Waals surface area contributed by atoms with Gasteiger partial charge in [-0.05, 0) is 12.8 Å². The van der Waals surface area contributed by atoms with E-state index in [9.17, 15) is 4.79 Å². The second-order valence-corrected chi connectivity index (χ2v) is 4.21. The molecular weight excluding hydrogens is 208 g/mol. The fourth-order valence-corrected chi connectivity index (χ4v) is 2.03. The third kappa shape index (κ3) is 2.71. The minimum atomic E-state index is -0.888. The molecule has 0 saturated heterocycles. The number of nitrogens with zero attached hydrogens (tertiary/aromatic N) is 1. The van der Waals surface area contributed by atoms with Gasteiger partial charge in [-0.3, -0.25) is 4.79 Å². The van der Waals surface area contributed by atoms with Crippen molar-refractivity contribution in [1.29, 1.82) is 5.26 Å². The summed E-state index contributed by atoms with van der Waals surface area (Å²) in [4.78, 5) is 11.9. The molecule has 1 atom stereocenters. The van der Waals surface area contributed by atoms with E-state index in [1.807, 2.05) is 0 Å². The van der Waals surface area contributed by atoms with Crippen LogP contribution in [-0.2, 0) is 9.53 Å². The van der Waals surface area contributed by atoms with Gasteiger partial charge in [0.2, 0.25) is 5.91 Å². The maximum absolute atomic E-state index is 11.9. The lowest BCUT2D eigenvalue weighted by atomic mass is 9.87. The van der Waals surface area contributed by atoms with Gasteiger partial charge in [-0.1, -0.05) is 12.8 Å². The van der Waals surface area contributed by atoms with Crippen LogP contribution in [0, 0.1) is 16.7 Å². The van der Waals surface area contributed by atoms with E-state index < -0.39 is 11.5 Å². The Morgan fingerprint density at radius 2 is 2.25 bits per heavy atom. The normalized spacial score (nSPS) is 20.1. The Hall–Kier alpha value is -1.12. The molecule has 1 unspecified atom stereocenters. The monoisotopic (exact) mass is 226 g/mol. The van der Waals surface area contributed by atoms with Crippen molar-refractivity contribution in [2.24, 2.45) is 5.41 Å². The Morgan fingerprint density at radius 3 is 2.69 bits per heavy atom. The molecule has 0 spiro atoms. The first-order valence-electron chi connectivity index (χ1n) is 5.50. The second kappa shape index (κ2) is 5.83. The van der Waals surface area contributed by atoms with E-state index in [4.69, 9.17) is 15.1 Å². The molecule has 1 amide bonds. The number of carbonyl (C=O) groups excluding carboxylic acids is 1. The zero-order chi connectivity index (χ0) is 12.0. The van der Waals surface area contributed by atoms with Crippen LogP contribution in [0.25, 0.3) is 0 Å². The highest BCUT2D eigenvalue weighted by molar-refractivity contribution is 5.86. The standard InChI is InChI=1S/C11H18N2O3/c1-16-7-9(6-14)13-10(15)11(8-12)4-2-3-5-11/h9,14H,2-7H2,1H3,(H,13,15). The summed E-state index contributed by atoms with van der Waals surface area (Å²) in [6, 6.07) is 1.69. The zero-order valence-electron chi connectivity index (χ0n) is 9.53. The molecule has 0 aromatic rings. The molecule has 2 N–H and O–H groups in total. The van der Waals surface area contributed by atoms with Crippen LogP contribution in [0.15, 0.2) is 0 Å². The molecule has 1 aliphatic carbocycles. The van der Waals surface area contributed by atoms with Crippen molar-refractivity contribution in [3.63, 3.8) is 0 Å². The Morgan fingerprint density at radius 1 is 1.62 bits per heavy atom.